The van der Waals surface area contributed by atoms with E-state index in [1.54, 1.807) is 0 Å². The largest absolute Gasteiger partial charge is 0.390 e. The molecule has 1 aliphatic rings. The highest BCUT2D eigenvalue weighted by molar-refractivity contribution is 5.74. The van der Waals surface area contributed by atoms with Gasteiger partial charge in [0.25, 0.3) is 0 Å². The maximum atomic E-state index is 12.2. The molecule has 0 bridgehead atoms. The molecular formula is C19H26N4O2. The molecule has 2 unspecified atom stereocenters. The number of urea groups is 1. The van der Waals surface area contributed by atoms with Crippen molar-refractivity contribution in [1.29, 1.82) is 0 Å². The molecular weight excluding hydrogens is 316 g/mol. The Morgan fingerprint density at radius 3 is 2.84 bits per heavy atom. The Kier molecular flexibility index (Phi) is 5.08. The molecule has 1 aliphatic carbocycles. The fourth-order valence-corrected chi connectivity index (χ4v) is 3.59. The van der Waals surface area contributed by atoms with Crippen molar-refractivity contribution in [2.24, 2.45) is 7.05 Å². The monoisotopic (exact) mass is 342 g/mol. The van der Waals surface area contributed by atoms with Crippen LogP contribution in [0.1, 0.15) is 40.5 Å². The lowest BCUT2D eigenvalue weighted by Crippen LogP contribution is -2.41. The number of nitrogens with zero attached hydrogens (tertiary/aromatic N) is 2. The Balaban J connectivity index is 1.47. The van der Waals surface area contributed by atoms with Gasteiger partial charge in [0.1, 0.15) is 0 Å². The maximum Gasteiger partial charge on any atom is 0.315 e. The van der Waals surface area contributed by atoms with Crippen molar-refractivity contribution in [3.63, 3.8) is 0 Å². The van der Waals surface area contributed by atoms with E-state index >= 15 is 0 Å². The van der Waals surface area contributed by atoms with Crippen LogP contribution in [-0.2, 0) is 19.9 Å². The van der Waals surface area contributed by atoms with Gasteiger partial charge in [-0.1, -0.05) is 24.3 Å². The van der Waals surface area contributed by atoms with Gasteiger partial charge in [0, 0.05) is 25.7 Å². The highest BCUT2D eigenvalue weighted by Gasteiger charge is 2.31. The first kappa shape index (κ1) is 17.5. The summed E-state index contributed by atoms with van der Waals surface area (Å²) in [7, 11) is 1.95. The second-order valence-corrected chi connectivity index (χ2v) is 6.72. The highest BCUT2D eigenvalue weighted by atomic mass is 16.3. The summed E-state index contributed by atoms with van der Waals surface area (Å²) < 4.78 is 1.89. The summed E-state index contributed by atoms with van der Waals surface area (Å²) >= 11 is 0. The number of amides is 2. The molecule has 1 heterocycles. The summed E-state index contributed by atoms with van der Waals surface area (Å²) in [5.74, 6) is 0. The minimum absolute atomic E-state index is 0.236. The molecule has 3 N–H and O–H groups in total. The Morgan fingerprint density at radius 1 is 1.36 bits per heavy atom. The van der Waals surface area contributed by atoms with Gasteiger partial charge in [0.05, 0.1) is 17.8 Å². The van der Waals surface area contributed by atoms with Crippen LogP contribution in [0.2, 0.25) is 0 Å². The van der Waals surface area contributed by atoms with Gasteiger partial charge in [-0.2, -0.15) is 5.10 Å². The number of aliphatic hydroxyl groups excluding tert-OH is 1. The zero-order chi connectivity index (χ0) is 18.0. The molecule has 2 aromatic rings. The van der Waals surface area contributed by atoms with Gasteiger partial charge in [-0.05, 0) is 43.4 Å². The summed E-state index contributed by atoms with van der Waals surface area (Å²) in [4.78, 5) is 12.2. The second kappa shape index (κ2) is 7.27. The molecule has 0 aliphatic heterocycles. The SMILES string of the molecule is Cc1nn(C)c(C)c1CCCNC(=O)NC1c2ccccc2CC1O. The van der Waals surface area contributed by atoms with E-state index in [2.05, 4.69) is 22.7 Å². The smallest absolute Gasteiger partial charge is 0.315 e. The first-order chi connectivity index (χ1) is 12.0. The van der Waals surface area contributed by atoms with Gasteiger partial charge >= 0.3 is 6.03 Å². The lowest BCUT2D eigenvalue weighted by Gasteiger charge is -2.18. The molecule has 2 amide bonds. The van der Waals surface area contributed by atoms with Crippen molar-refractivity contribution < 1.29 is 9.90 Å². The molecule has 0 saturated carbocycles. The van der Waals surface area contributed by atoms with E-state index < -0.39 is 6.10 Å². The number of fused-ring (bicyclic) bond motifs is 1. The zero-order valence-electron chi connectivity index (χ0n) is 15.0. The Hall–Kier alpha value is -2.34. The van der Waals surface area contributed by atoms with E-state index in [1.807, 2.05) is 42.9 Å². The molecule has 25 heavy (non-hydrogen) atoms. The van der Waals surface area contributed by atoms with E-state index in [0.29, 0.717) is 13.0 Å². The molecule has 6 heteroatoms. The van der Waals surface area contributed by atoms with Crippen LogP contribution in [0.15, 0.2) is 24.3 Å². The predicted molar refractivity (Wildman–Crippen MR) is 96.4 cm³/mol. The average molecular weight is 342 g/mol. The molecule has 2 atom stereocenters. The third kappa shape index (κ3) is 3.69. The fourth-order valence-electron chi connectivity index (χ4n) is 3.59. The van der Waals surface area contributed by atoms with Crippen molar-refractivity contribution in [3.8, 4) is 0 Å². The van der Waals surface area contributed by atoms with Crippen molar-refractivity contribution >= 4 is 6.03 Å². The van der Waals surface area contributed by atoms with Crippen molar-refractivity contribution in [3.05, 3.63) is 52.3 Å². The number of nitrogens with one attached hydrogen (secondary N) is 2. The number of carbonyl (C=O) groups excluding carboxylic acids is 1. The number of aromatic nitrogens is 2. The van der Waals surface area contributed by atoms with E-state index in [0.717, 1.165) is 29.7 Å². The molecule has 134 valence electrons. The highest BCUT2D eigenvalue weighted by Crippen LogP contribution is 2.31. The molecule has 3 rings (SSSR count). The molecule has 0 saturated heterocycles. The fraction of sp³-hybridized carbons (Fsp3) is 0.474. The maximum absolute atomic E-state index is 12.2. The Bertz CT molecular complexity index is 769. The van der Waals surface area contributed by atoms with Crippen LogP contribution in [0.3, 0.4) is 0 Å². The number of carbonyl (C=O) groups is 1. The minimum atomic E-state index is -0.566. The van der Waals surface area contributed by atoms with Gasteiger partial charge in [0.2, 0.25) is 0 Å². The van der Waals surface area contributed by atoms with Crippen molar-refractivity contribution in [2.45, 2.75) is 45.3 Å². The van der Waals surface area contributed by atoms with Crippen molar-refractivity contribution in [2.75, 3.05) is 6.54 Å². The standard InChI is InChI=1S/C19H26N4O2/c1-12-15(13(2)23(3)22-12)9-6-10-20-19(25)21-18-16-8-5-4-7-14(16)11-17(18)24/h4-5,7-8,17-18,24H,6,9-11H2,1-3H3,(H2,20,21,25). The third-order valence-electron chi connectivity index (χ3n) is 5.04. The van der Waals surface area contributed by atoms with Crippen molar-refractivity contribution in [1.82, 2.24) is 20.4 Å². The molecule has 0 radical (unpaired) electrons. The predicted octanol–water partition coefficient (Wildman–Crippen LogP) is 1.93. The number of hydrogen-bond donors (Lipinski definition) is 3. The van der Waals surface area contributed by atoms with Crippen LogP contribution in [0.5, 0.6) is 0 Å². The van der Waals surface area contributed by atoms with Crippen LogP contribution in [0.25, 0.3) is 0 Å². The molecule has 1 aromatic heterocycles. The first-order valence-electron chi connectivity index (χ1n) is 8.76. The van der Waals surface area contributed by atoms with Gasteiger partial charge in [-0.3, -0.25) is 4.68 Å². The first-order valence-corrected chi connectivity index (χ1v) is 8.76. The molecule has 1 aromatic carbocycles. The average Bonchev–Trinajstić information content (AvgIpc) is 3.01. The summed E-state index contributed by atoms with van der Waals surface area (Å²) in [6.45, 7) is 4.67. The van der Waals surface area contributed by atoms with Crippen LogP contribution < -0.4 is 10.6 Å². The number of aliphatic hydroxyl groups is 1. The summed E-state index contributed by atoms with van der Waals surface area (Å²) in [5.41, 5.74) is 5.59. The summed E-state index contributed by atoms with van der Waals surface area (Å²) in [5, 5.41) is 20.4. The number of hydrogen-bond acceptors (Lipinski definition) is 3. The normalized spacial score (nSPS) is 18.9. The van der Waals surface area contributed by atoms with Crippen LogP contribution in [-0.4, -0.2) is 33.6 Å². The topological polar surface area (TPSA) is 79.2 Å². The minimum Gasteiger partial charge on any atom is -0.390 e. The van der Waals surface area contributed by atoms with Gasteiger partial charge < -0.3 is 15.7 Å². The number of aryl methyl sites for hydroxylation is 2. The van der Waals surface area contributed by atoms with Crippen LogP contribution >= 0.6 is 0 Å². The number of benzene rings is 1. The second-order valence-electron chi connectivity index (χ2n) is 6.72. The zero-order valence-corrected chi connectivity index (χ0v) is 15.0. The van der Waals surface area contributed by atoms with E-state index in [9.17, 15) is 9.90 Å². The van der Waals surface area contributed by atoms with Gasteiger partial charge in [0.15, 0.2) is 0 Å². The third-order valence-corrected chi connectivity index (χ3v) is 5.04. The Labute approximate surface area is 148 Å². The lowest BCUT2D eigenvalue weighted by molar-refractivity contribution is 0.142. The van der Waals surface area contributed by atoms with E-state index in [1.165, 1.54) is 11.3 Å². The molecule has 6 nitrogen and oxygen atoms in total. The Morgan fingerprint density at radius 2 is 2.12 bits per heavy atom. The molecule has 0 fully saturated rings. The summed E-state index contributed by atoms with van der Waals surface area (Å²) in [6.07, 6.45) is 1.76. The van der Waals surface area contributed by atoms with Gasteiger partial charge in [-0.25, -0.2) is 4.79 Å². The summed E-state index contributed by atoms with van der Waals surface area (Å²) in [6, 6.07) is 7.28. The van der Waals surface area contributed by atoms with E-state index in [-0.39, 0.29) is 12.1 Å². The van der Waals surface area contributed by atoms with E-state index in [4.69, 9.17) is 0 Å². The number of rotatable bonds is 5. The quantitative estimate of drug-likeness (QED) is 0.727. The van der Waals surface area contributed by atoms with Crippen LogP contribution in [0.4, 0.5) is 4.79 Å². The lowest BCUT2D eigenvalue weighted by atomic mass is 10.1. The van der Waals surface area contributed by atoms with Gasteiger partial charge in [-0.15, -0.1) is 0 Å². The van der Waals surface area contributed by atoms with Crippen LogP contribution in [0, 0.1) is 13.8 Å². The molecule has 0 spiro atoms.